The van der Waals surface area contributed by atoms with Crippen molar-refractivity contribution in [2.24, 2.45) is 0 Å². The molecule has 0 aromatic carbocycles. The Balaban J connectivity index is 2.04. The third kappa shape index (κ3) is 2.57. The molecule has 1 heterocycles. The second-order valence-electron chi connectivity index (χ2n) is 4.62. The van der Waals surface area contributed by atoms with E-state index in [4.69, 9.17) is 0 Å². The van der Waals surface area contributed by atoms with Gasteiger partial charge in [-0.15, -0.1) is 0 Å². The van der Waals surface area contributed by atoms with Crippen LogP contribution in [0.4, 0.5) is 0 Å². The maximum atomic E-state index is 10.2. The van der Waals surface area contributed by atoms with Crippen LogP contribution in [0.5, 0.6) is 0 Å². The van der Waals surface area contributed by atoms with Crippen molar-refractivity contribution in [1.29, 1.82) is 0 Å². The van der Waals surface area contributed by atoms with E-state index in [1.54, 1.807) is 0 Å². The second kappa shape index (κ2) is 4.31. The van der Waals surface area contributed by atoms with E-state index in [1.807, 2.05) is 6.20 Å². The van der Waals surface area contributed by atoms with E-state index in [-0.39, 0.29) is 0 Å². The summed E-state index contributed by atoms with van der Waals surface area (Å²) < 4.78 is 0. The van der Waals surface area contributed by atoms with Gasteiger partial charge in [-0.1, -0.05) is 25.8 Å². The Bertz CT molecular complexity index is 312. The average Bonchev–Trinajstić information content (AvgIpc) is 2.66. The van der Waals surface area contributed by atoms with Crippen LogP contribution >= 0.6 is 0 Å². The molecular formula is C13H19NO. The van der Waals surface area contributed by atoms with Gasteiger partial charge in [0.1, 0.15) is 0 Å². The molecule has 0 atom stereocenters. The highest BCUT2D eigenvalue weighted by atomic mass is 16.3. The number of rotatable bonds is 3. The number of hydrogen-bond acceptors (Lipinski definition) is 2. The van der Waals surface area contributed by atoms with Crippen LogP contribution in [0.2, 0.25) is 0 Å². The molecule has 2 heteroatoms. The monoisotopic (exact) mass is 205 g/mol. The molecule has 0 bridgehead atoms. The van der Waals surface area contributed by atoms with E-state index in [9.17, 15) is 5.11 Å². The van der Waals surface area contributed by atoms with Crippen LogP contribution in [0.25, 0.3) is 0 Å². The third-order valence-electron chi connectivity index (χ3n) is 3.34. The van der Waals surface area contributed by atoms with Gasteiger partial charge in [-0.3, -0.25) is 4.98 Å². The summed E-state index contributed by atoms with van der Waals surface area (Å²) in [5.74, 6) is 0. The van der Waals surface area contributed by atoms with Crippen molar-refractivity contribution < 1.29 is 5.11 Å². The normalized spacial score (nSPS) is 19.3. The molecule has 1 saturated carbocycles. The molecule has 1 aliphatic carbocycles. The molecule has 0 unspecified atom stereocenters. The number of aryl methyl sites for hydroxylation is 1. The minimum Gasteiger partial charge on any atom is -0.389 e. The SMILES string of the molecule is CCc1ccc(CC2(O)CCCC2)nc1. The zero-order chi connectivity index (χ0) is 10.7. The highest BCUT2D eigenvalue weighted by Gasteiger charge is 2.31. The molecule has 1 aromatic heterocycles. The minimum atomic E-state index is -0.471. The van der Waals surface area contributed by atoms with Crippen LogP contribution in [0, 0.1) is 0 Å². The van der Waals surface area contributed by atoms with Gasteiger partial charge in [0.25, 0.3) is 0 Å². The quantitative estimate of drug-likeness (QED) is 0.822. The fourth-order valence-electron chi connectivity index (χ4n) is 2.32. The van der Waals surface area contributed by atoms with Crippen molar-refractivity contribution in [3.8, 4) is 0 Å². The van der Waals surface area contributed by atoms with Crippen molar-refractivity contribution in [2.45, 2.75) is 51.0 Å². The molecule has 1 aromatic rings. The second-order valence-corrected chi connectivity index (χ2v) is 4.62. The molecule has 0 saturated heterocycles. The van der Waals surface area contributed by atoms with Crippen molar-refractivity contribution in [1.82, 2.24) is 4.98 Å². The summed E-state index contributed by atoms with van der Waals surface area (Å²) in [5, 5.41) is 10.2. The van der Waals surface area contributed by atoms with Gasteiger partial charge in [0.2, 0.25) is 0 Å². The topological polar surface area (TPSA) is 33.1 Å². The van der Waals surface area contributed by atoms with E-state index >= 15 is 0 Å². The van der Waals surface area contributed by atoms with Gasteiger partial charge < -0.3 is 5.11 Å². The van der Waals surface area contributed by atoms with E-state index in [0.717, 1.165) is 44.2 Å². The molecule has 0 aliphatic heterocycles. The molecule has 1 N–H and O–H groups in total. The summed E-state index contributed by atoms with van der Waals surface area (Å²) in [5.41, 5.74) is 1.81. The van der Waals surface area contributed by atoms with Gasteiger partial charge in [-0.05, 0) is 30.9 Å². The number of nitrogens with zero attached hydrogens (tertiary/aromatic N) is 1. The van der Waals surface area contributed by atoms with E-state index < -0.39 is 5.60 Å². The summed E-state index contributed by atoms with van der Waals surface area (Å²) in [4.78, 5) is 4.40. The maximum Gasteiger partial charge on any atom is 0.0703 e. The van der Waals surface area contributed by atoms with Crippen LogP contribution in [0.15, 0.2) is 18.3 Å². The number of aliphatic hydroxyl groups is 1. The predicted octanol–water partition coefficient (Wildman–Crippen LogP) is 2.49. The van der Waals surface area contributed by atoms with Crippen molar-refractivity contribution >= 4 is 0 Å². The minimum absolute atomic E-state index is 0.471. The Hall–Kier alpha value is -0.890. The van der Waals surface area contributed by atoms with Crippen LogP contribution in [-0.4, -0.2) is 15.7 Å². The Kier molecular flexibility index (Phi) is 3.06. The predicted molar refractivity (Wildman–Crippen MR) is 60.7 cm³/mol. The summed E-state index contributed by atoms with van der Waals surface area (Å²) in [6, 6.07) is 4.16. The van der Waals surface area contributed by atoms with Crippen molar-refractivity contribution in [3.63, 3.8) is 0 Å². The maximum absolute atomic E-state index is 10.2. The van der Waals surface area contributed by atoms with Gasteiger partial charge in [-0.25, -0.2) is 0 Å². The zero-order valence-electron chi connectivity index (χ0n) is 9.37. The molecule has 0 amide bonds. The first-order chi connectivity index (χ1) is 7.22. The Morgan fingerprint density at radius 3 is 2.60 bits per heavy atom. The lowest BCUT2D eigenvalue weighted by Gasteiger charge is -2.21. The standard InChI is InChI=1S/C13H19NO/c1-2-11-5-6-12(14-10-11)9-13(15)7-3-4-8-13/h5-6,10,15H,2-4,7-9H2,1H3. The van der Waals surface area contributed by atoms with Gasteiger partial charge in [0.15, 0.2) is 0 Å². The van der Waals surface area contributed by atoms with E-state index in [1.165, 1.54) is 5.56 Å². The Morgan fingerprint density at radius 2 is 2.07 bits per heavy atom. The lowest BCUT2D eigenvalue weighted by molar-refractivity contribution is 0.0472. The highest BCUT2D eigenvalue weighted by molar-refractivity contribution is 5.15. The van der Waals surface area contributed by atoms with Gasteiger partial charge in [0.05, 0.1) is 5.60 Å². The van der Waals surface area contributed by atoms with Crippen LogP contribution in [-0.2, 0) is 12.8 Å². The largest absolute Gasteiger partial charge is 0.389 e. The first-order valence-electron chi connectivity index (χ1n) is 5.88. The number of pyridine rings is 1. The van der Waals surface area contributed by atoms with Crippen molar-refractivity contribution in [2.75, 3.05) is 0 Å². The highest BCUT2D eigenvalue weighted by Crippen LogP contribution is 2.31. The van der Waals surface area contributed by atoms with Crippen LogP contribution in [0.1, 0.15) is 43.9 Å². The number of aromatic nitrogens is 1. The smallest absolute Gasteiger partial charge is 0.0703 e. The van der Waals surface area contributed by atoms with E-state index in [0.29, 0.717) is 0 Å². The molecular weight excluding hydrogens is 186 g/mol. The van der Waals surface area contributed by atoms with Gasteiger partial charge in [-0.2, -0.15) is 0 Å². The third-order valence-corrected chi connectivity index (χ3v) is 3.34. The summed E-state index contributed by atoms with van der Waals surface area (Å²) >= 11 is 0. The molecule has 0 radical (unpaired) electrons. The summed E-state index contributed by atoms with van der Waals surface area (Å²) in [6.45, 7) is 2.13. The lowest BCUT2D eigenvalue weighted by Crippen LogP contribution is -2.27. The first-order valence-corrected chi connectivity index (χ1v) is 5.88. The lowest BCUT2D eigenvalue weighted by atomic mass is 9.95. The molecule has 1 fully saturated rings. The molecule has 2 nitrogen and oxygen atoms in total. The van der Waals surface area contributed by atoms with Gasteiger partial charge >= 0.3 is 0 Å². The molecule has 0 spiro atoms. The summed E-state index contributed by atoms with van der Waals surface area (Å²) in [6.07, 6.45) is 7.85. The molecule has 15 heavy (non-hydrogen) atoms. The fourth-order valence-corrected chi connectivity index (χ4v) is 2.32. The zero-order valence-corrected chi connectivity index (χ0v) is 9.37. The van der Waals surface area contributed by atoms with Crippen molar-refractivity contribution in [3.05, 3.63) is 29.6 Å². The average molecular weight is 205 g/mol. The van der Waals surface area contributed by atoms with E-state index in [2.05, 4.69) is 24.0 Å². The first kappa shape index (κ1) is 10.6. The van der Waals surface area contributed by atoms with Gasteiger partial charge in [0, 0.05) is 18.3 Å². The molecule has 2 rings (SSSR count). The Morgan fingerprint density at radius 1 is 1.33 bits per heavy atom. The number of hydrogen-bond donors (Lipinski definition) is 1. The molecule has 1 aliphatic rings. The Labute approximate surface area is 91.4 Å². The molecule has 82 valence electrons. The van der Waals surface area contributed by atoms with Crippen LogP contribution < -0.4 is 0 Å². The van der Waals surface area contributed by atoms with Crippen LogP contribution in [0.3, 0.4) is 0 Å². The fraction of sp³-hybridized carbons (Fsp3) is 0.615. The summed E-state index contributed by atoms with van der Waals surface area (Å²) in [7, 11) is 0.